The van der Waals surface area contributed by atoms with Crippen LogP contribution in [0.25, 0.3) is 11.0 Å². The molecule has 0 radical (unpaired) electrons. The van der Waals surface area contributed by atoms with Crippen molar-refractivity contribution in [2.75, 3.05) is 0 Å². The van der Waals surface area contributed by atoms with Crippen molar-refractivity contribution < 1.29 is 9.21 Å². The summed E-state index contributed by atoms with van der Waals surface area (Å²) in [5.41, 5.74) is 2.01. The van der Waals surface area contributed by atoms with E-state index in [9.17, 15) is 4.79 Å². The molecule has 0 bridgehead atoms. The average Bonchev–Trinajstić information content (AvgIpc) is 2.97. The molecule has 0 spiro atoms. The number of hydrogen-bond acceptors (Lipinski definition) is 2. The highest BCUT2D eigenvalue weighted by atomic mass is 16.3. The summed E-state index contributed by atoms with van der Waals surface area (Å²) in [5, 5.41) is 1.08. The predicted octanol–water partition coefficient (Wildman–Crippen LogP) is 3.13. The molecule has 15 heavy (non-hydrogen) atoms. The summed E-state index contributed by atoms with van der Waals surface area (Å²) in [6.07, 6.45) is 5.14. The van der Waals surface area contributed by atoms with Crippen molar-refractivity contribution in [3.05, 3.63) is 36.1 Å². The Morgan fingerprint density at radius 3 is 2.93 bits per heavy atom. The van der Waals surface area contributed by atoms with Gasteiger partial charge in [-0.1, -0.05) is 6.07 Å². The average molecular weight is 200 g/mol. The lowest BCUT2D eigenvalue weighted by Gasteiger charge is -2.08. The van der Waals surface area contributed by atoms with Gasteiger partial charge in [0.15, 0.2) is 0 Å². The first kappa shape index (κ1) is 8.72. The molecule has 1 saturated carbocycles. The van der Waals surface area contributed by atoms with Gasteiger partial charge in [0, 0.05) is 11.3 Å². The maximum absolute atomic E-state index is 11.0. The van der Waals surface area contributed by atoms with E-state index in [1.165, 1.54) is 12.8 Å². The molecule has 2 heteroatoms. The van der Waals surface area contributed by atoms with Crippen molar-refractivity contribution in [3.8, 4) is 0 Å². The van der Waals surface area contributed by atoms with Crippen LogP contribution in [0.3, 0.4) is 0 Å². The summed E-state index contributed by atoms with van der Waals surface area (Å²) in [6.45, 7) is 0. The number of furan rings is 1. The monoisotopic (exact) mass is 200 g/mol. The maximum Gasteiger partial charge on any atom is 0.133 e. The van der Waals surface area contributed by atoms with Gasteiger partial charge in [0.05, 0.1) is 6.26 Å². The number of carbonyl (C=O) groups excluding carboxylic acids is 1. The molecule has 1 aliphatic carbocycles. The first-order valence-corrected chi connectivity index (χ1v) is 5.31. The molecule has 2 nitrogen and oxygen atoms in total. The summed E-state index contributed by atoms with van der Waals surface area (Å²) in [7, 11) is 0. The Morgan fingerprint density at radius 2 is 2.20 bits per heavy atom. The van der Waals surface area contributed by atoms with Crippen molar-refractivity contribution in [1.29, 1.82) is 0 Å². The molecular weight excluding hydrogens is 188 g/mol. The van der Waals surface area contributed by atoms with E-state index in [1.54, 1.807) is 6.26 Å². The predicted molar refractivity (Wildman–Crippen MR) is 57.7 cm³/mol. The second kappa shape index (κ2) is 3.23. The normalized spacial score (nSPS) is 17.9. The first-order chi connectivity index (χ1) is 7.38. The van der Waals surface area contributed by atoms with Crippen LogP contribution in [0, 0.1) is 5.92 Å². The van der Waals surface area contributed by atoms with Crippen LogP contribution < -0.4 is 0 Å². The van der Waals surface area contributed by atoms with Crippen molar-refractivity contribution in [2.24, 2.45) is 5.92 Å². The molecule has 1 aromatic heterocycles. The van der Waals surface area contributed by atoms with Gasteiger partial charge in [-0.25, -0.2) is 0 Å². The Labute approximate surface area is 87.9 Å². The van der Waals surface area contributed by atoms with Gasteiger partial charge in [0.1, 0.15) is 11.9 Å². The molecule has 1 aromatic carbocycles. The van der Waals surface area contributed by atoms with E-state index >= 15 is 0 Å². The smallest absolute Gasteiger partial charge is 0.133 e. The van der Waals surface area contributed by atoms with E-state index in [1.807, 2.05) is 18.2 Å². The molecule has 1 fully saturated rings. The lowest BCUT2D eigenvalue weighted by Crippen LogP contribution is -2.01. The van der Waals surface area contributed by atoms with Crippen LogP contribution >= 0.6 is 0 Å². The molecular formula is C13H12O2. The third-order valence-corrected chi connectivity index (χ3v) is 3.14. The largest absolute Gasteiger partial charge is 0.464 e. The molecule has 0 N–H and O–H groups in total. The number of hydrogen-bond donors (Lipinski definition) is 0. The van der Waals surface area contributed by atoms with E-state index < -0.39 is 0 Å². The number of carbonyl (C=O) groups is 1. The minimum absolute atomic E-state index is 0.0873. The van der Waals surface area contributed by atoms with Crippen molar-refractivity contribution in [2.45, 2.75) is 18.8 Å². The highest BCUT2D eigenvalue weighted by Gasteiger charge is 2.32. The highest BCUT2D eigenvalue weighted by Crippen LogP contribution is 2.41. The summed E-state index contributed by atoms with van der Waals surface area (Å²) >= 11 is 0. The second-order valence-electron chi connectivity index (χ2n) is 4.22. The lowest BCUT2D eigenvalue weighted by molar-refractivity contribution is -0.109. The van der Waals surface area contributed by atoms with Crippen LogP contribution in [0.1, 0.15) is 24.3 Å². The summed E-state index contributed by atoms with van der Waals surface area (Å²) in [6, 6.07) is 7.95. The maximum atomic E-state index is 11.0. The third-order valence-electron chi connectivity index (χ3n) is 3.14. The lowest BCUT2D eigenvalue weighted by atomic mass is 9.95. The minimum Gasteiger partial charge on any atom is -0.464 e. The van der Waals surface area contributed by atoms with Crippen molar-refractivity contribution in [3.63, 3.8) is 0 Å². The van der Waals surface area contributed by atoms with Gasteiger partial charge >= 0.3 is 0 Å². The summed E-state index contributed by atoms with van der Waals surface area (Å²) in [5.74, 6) is 0.663. The van der Waals surface area contributed by atoms with E-state index in [-0.39, 0.29) is 5.92 Å². The summed E-state index contributed by atoms with van der Waals surface area (Å²) < 4.78 is 5.27. The zero-order valence-electron chi connectivity index (χ0n) is 8.35. The van der Waals surface area contributed by atoms with E-state index in [0.29, 0.717) is 5.92 Å². The molecule has 0 saturated heterocycles. The fourth-order valence-electron chi connectivity index (χ4n) is 2.11. The number of fused-ring (bicyclic) bond motifs is 1. The van der Waals surface area contributed by atoms with Crippen LogP contribution in [0.5, 0.6) is 0 Å². The highest BCUT2D eigenvalue weighted by molar-refractivity contribution is 5.79. The number of aldehydes is 1. The van der Waals surface area contributed by atoms with Crippen LogP contribution in [0.4, 0.5) is 0 Å². The topological polar surface area (TPSA) is 30.2 Å². The van der Waals surface area contributed by atoms with E-state index in [0.717, 1.165) is 22.8 Å². The third kappa shape index (κ3) is 1.46. The second-order valence-corrected chi connectivity index (χ2v) is 4.22. The van der Waals surface area contributed by atoms with Gasteiger partial charge in [-0.15, -0.1) is 0 Å². The van der Waals surface area contributed by atoms with Gasteiger partial charge in [-0.3, -0.25) is 0 Å². The molecule has 1 aliphatic rings. The Hall–Kier alpha value is -1.57. The number of rotatable bonds is 3. The number of benzene rings is 1. The Bertz CT molecular complexity index is 494. The molecule has 0 aliphatic heterocycles. The Balaban J connectivity index is 2.04. The fourth-order valence-corrected chi connectivity index (χ4v) is 2.11. The SMILES string of the molecule is O=CC(c1ccc2occc2c1)C1CC1. The van der Waals surface area contributed by atoms with Crippen LogP contribution in [0.2, 0.25) is 0 Å². The van der Waals surface area contributed by atoms with E-state index in [4.69, 9.17) is 4.42 Å². The fraction of sp³-hybridized carbons (Fsp3) is 0.308. The standard InChI is InChI=1S/C13H12O2/c14-8-12(9-1-2-9)10-3-4-13-11(7-10)5-6-15-13/h3-9,12H,1-2H2. The molecule has 2 aromatic rings. The summed E-state index contributed by atoms with van der Waals surface area (Å²) in [4.78, 5) is 11.0. The van der Waals surface area contributed by atoms with Gasteiger partial charge < -0.3 is 9.21 Å². The van der Waals surface area contributed by atoms with Crippen molar-refractivity contribution >= 4 is 17.3 Å². The molecule has 76 valence electrons. The molecule has 1 heterocycles. The van der Waals surface area contributed by atoms with Crippen LogP contribution in [0.15, 0.2) is 34.9 Å². The van der Waals surface area contributed by atoms with E-state index in [2.05, 4.69) is 6.07 Å². The van der Waals surface area contributed by atoms with Crippen LogP contribution in [-0.2, 0) is 4.79 Å². The first-order valence-electron chi connectivity index (χ1n) is 5.31. The van der Waals surface area contributed by atoms with Gasteiger partial charge in [0.2, 0.25) is 0 Å². The Kier molecular flexibility index (Phi) is 1.88. The Morgan fingerprint density at radius 1 is 1.33 bits per heavy atom. The van der Waals surface area contributed by atoms with Gasteiger partial charge in [-0.2, -0.15) is 0 Å². The minimum atomic E-state index is 0.0873. The molecule has 3 rings (SSSR count). The quantitative estimate of drug-likeness (QED) is 0.712. The zero-order valence-corrected chi connectivity index (χ0v) is 8.35. The van der Waals surface area contributed by atoms with Crippen molar-refractivity contribution in [1.82, 2.24) is 0 Å². The van der Waals surface area contributed by atoms with Crippen LogP contribution in [-0.4, -0.2) is 6.29 Å². The molecule has 1 unspecified atom stereocenters. The molecule has 1 atom stereocenters. The zero-order chi connectivity index (χ0) is 10.3. The van der Waals surface area contributed by atoms with Gasteiger partial charge in [0.25, 0.3) is 0 Å². The molecule has 0 amide bonds. The van der Waals surface area contributed by atoms with Gasteiger partial charge in [-0.05, 0) is 42.5 Å².